The van der Waals surface area contributed by atoms with Gasteiger partial charge in [-0.15, -0.1) is 0 Å². The van der Waals surface area contributed by atoms with Gasteiger partial charge in [0.25, 0.3) is 10.0 Å². The van der Waals surface area contributed by atoms with Crippen molar-refractivity contribution in [3.63, 3.8) is 0 Å². The van der Waals surface area contributed by atoms with Crippen molar-refractivity contribution in [1.82, 2.24) is 4.72 Å². The van der Waals surface area contributed by atoms with Gasteiger partial charge in [0.2, 0.25) is 11.8 Å². The molecule has 1 saturated heterocycles. The van der Waals surface area contributed by atoms with E-state index < -0.39 is 15.9 Å². The second-order valence-electron chi connectivity index (χ2n) is 8.57. The van der Waals surface area contributed by atoms with Crippen LogP contribution in [0.15, 0.2) is 58.4 Å². The average molecular weight is 499 g/mol. The predicted molar refractivity (Wildman–Crippen MR) is 134 cm³/mol. The first-order valence-electron chi connectivity index (χ1n) is 11.9. The fourth-order valence-electron chi connectivity index (χ4n) is 4.23. The highest BCUT2D eigenvalue weighted by molar-refractivity contribution is 7.90. The number of carbonyl (C=O) groups excluding carboxylic acids is 2. The predicted octanol–water partition coefficient (Wildman–Crippen LogP) is 3.33. The van der Waals surface area contributed by atoms with Crippen molar-refractivity contribution in [3.05, 3.63) is 48.5 Å². The zero-order chi connectivity index (χ0) is 24.8. The molecule has 186 valence electrons. The zero-order valence-electron chi connectivity index (χ0n) is 19.7. The molecule has 9 nitrogen and oxygen atoms in total. The molecule has 35 heavy (non-hydrogen) atoms. The van der Waals surface area contributed by atoms with Crippen molar-refractivity contribution in [2.75, 3.05) is 29.9 Å². The van der Waals surface area contributed by atoms with Crippen molar-refractivity contribution in [3.8, 4) is 5.75 Å². The third-order valence-corrected chi connectivity index (χ3v) is 7.37. The van der Waals surface area contributed by atoms with Gasteiger partial charge in [-0.3, -0.25) is 19.3 Å². The van der Waals surface area contributed by atoms with E-state index >= 15 is 0 Å². The summed E-state index contributed by atoms with van der Waals surface area (Å²) < 4.78 is 33.9. The Bertz CT molecular complexity index is 1230. The Labute approximate surface area is 205 Å². The summed E-state index contributed by atoms with van der Waals surface area (Å²) in [6, 6.07) is 13.3. The van der Waals surface area contributed by atoms with Crippen molar-refractivity contribution in [1.29, 1.82) is 0 Å². The highest BCUT2D eigenvalue weighted by Crippen LogP contribution is 2.33. The number of hydrogen-bond acceptors (Lipinski definition) is 6. The van der Waals surface area contributed by atoms with Crippen LogP contribution >= 0.6 is 0 Å². The van der Waals surface area contributed by atoms with Crippen LogP contribution in [0.5, 0.6) is 5.75 Å². The minimum Gasteiger partial charge on any atom is -0.492 e. The topological polar surface area (TPSA) is 117 Å². The summed E-state index contributed by atoms with van der Waals surface area (Å²) in [4.78, 5) is 31.6. The second kappa shape index (κ2) is 10.9. The molecule has 2 aromatic rings. The lowest BCUT2D eigenvalue weighted by atomic mass is 10.1. The highest BCUT2D eigenvalue weighted by atomic mass is 32.2. The summed E-state index contributed by atoms with van der Waals surface area (Å²) in [5, 5.41) is 2.77. The van der Waals surface area contributed by atoms with E-state index in [9.17, 15) is 18.0 Å². The molecule has 1 unspecified atom stereocenters. The van der Waals surface area contributed by atoms with E-state index in [4.69, 9.17) is 4.74 Å². The van der Waals surface area contributed by atoms with E-state index in [2.05, 4.69) is 15.0 Å². The van der Waals surface area contributed by atoms with Crippen LogP contribution < -0.4 is 19.7 Å². The number of benzene rings is 2. The number of nitrogens with zero attached hydrogens (tertiary/aromatic N) is 2. The van der Waals surface area contributed by atoms with E-state index in [1.54, 1.807) is 29.2 Å². The number of nitrogens with one attached hydrogen (secondary N) is 2. The number of amidine groups is 1. The van der Waals surface area contributed by atoms with Crippen molar-refractivity contribution in [2.24, 2.45) is 10.9 Å². The van der Waals surface area contributed by atoms with Gasteiger partial charge >= 0.3 is 0 Å². The standard InChI is InChI=1S/C25H30N4O5S/c1-2-34-22-12-6-5-11-21(22)29-17-18(15-24(29)30)25(31)27-19-9-8-10-20(16-19)35(32,33)28-23-13-4-3-7-14-26-23/h5-6,8-12,16,18H,2-4,7,13-15,17H2,1H3,(H,26,28)(H,27,31). The van der Waals surface area contributed by atoms with Gasteiger partial charge in [-0.1, -0.05) is 24.6 Å². The van der Waals surface area contributed by atoms with Gasteiger partial charge in [0.05, 0.1) is 23.1 Å². The fraction of sp³-hybridized carbons (Fsp3) is 0.400. The largest absolute Gasteiger partial charge is 0.492 e. The lowest BCUT2D eigenvalue weighted by Crippen LogP contribution is -2.31. The highest BCUT2D eigenvalue weighted by Gasteiger charge is 2.36. The maximum atomic E-state index is 13.0. The molecular formula is C25H30N4O5S. The summed E-state index contributed by atoms with van der Waals surface area (Å²) in [5.41, 5.74) is 0.983. The normalized spacial score (nSPS) is 18.5. The first-order chi connectivity index (χ1) is 16.9. The van der Waals surface area contributed by atoms with Gasteiger partial charge in [0, 0.05) is 31.6 Å². The first kappa shape index (κ1) is 24.7. The van der Waals surface area contributed by atoms with E-state index in [-0.39, 0.29) is 29.7 Å². The smallest absolute Gasteiger partial charge is 0.262 e. The minimum atomic E-state index is -3.83. The Balaban J connectivity index is 1.44. The van der Waals surface area contributed by atoms with Crippen LogP contribution in [0.25, 0.3) is 0 Å². The summed E-state index contributed by atoms with van der Waals surface area (Å²) >= 11 is 0. The molecule has 0 aromatic heterocycles. The third kappa shape index (κ3) is 6.00. The van der Waals surface area contributed by atoms with Gasteiger partial charge < -0.3 is 15.0 Å². The van der Waals surface area contributed by atoms with Crippen LogP contribution in [-0.2, 0) is 19.6 Å². The maximum Gasteiger partial charge on any atom is 0.262 e. The Morgan fingerprint density at radius 1 is 1.14 bits per heavy atom. The van der Waals surface area contributed by atoms with Crippen LogP contribution in [0, 0.1) is 5.92 Å². The van der Waals surface area contributed by atoms with E-state index in [1.807, 2.05) is 19.1 Å². The minimum absolute atomic E-state index is 0.0389. The fourth-order valence-corrected chi connectivity index (χ4v) is 5.37. The number of amides is 2. The molecule has 2 aliphatic rings. The van der Waals surface area contributed by atoms with Gasteiger partial charge in [0.1, 0.15) is 11.6 Å². The lowest BCUT2D eigenvalue weighted by Gasteiger charge is -2.20. The van der Waals surface area contributed by atoms with E-state index in [0.29, 0.717) is 42.5 Å². The number of anilines is 2. The summed E-state index contributed by atoms with van der Waals surface area (Å²) in [5.74, 6) is -0.0229. The van der Waals surface area contributed by atoms with Gasteiger partial charge in [0.15, 0.2) is 0 Å². The summed E-state index contributed by atoms with van der Waals surface area (Å²) in [7, 11) is -3.83. The molecule has 2 aromatic carbocycles. The second-order valence-corrected chi connectivity index (χ2v) is 10.3. The van der Waals surface area contributed by atoms with Gasteiger partial charge in [-0.25, -0.2) is 8.42 Å². The van der Waals surface area contributed by atoms with Gasteiger partial charge in [-0.2, -0.15) is 0 Å². The molecule has 2 N–H and O–H groups in total. The molecule has 0 bridgehead atoms. The van der Waals surface area contributed by atoms with Gasteiger partial charge in [-0.05, 0) is 50.1 Å². The molecule has 0 saturated carbocycles. The molecule has 1 atom stereocenters. The number of ether oxygens (including phenoxy) is 1. The first-order valence-corrected chi connectivity index (χ1v) is 13.3. The number of sulfonamides is 1. The molecule has 0 radical (unpaired) electrons. The molecule has 0 aliphatic carbocycles. The summed E-state index contributed by atoms with van der Waals surface area (Å²) in [6.07, 6.45) is 3.52. The number of hydrogen-bond donors (Lipinski definition) is 2. The average Bonchev–Trinajstić information content (AvgIpc) is 3.05. The lowest BCUT2D eigenvalue weighted by molar-refractivity contribution is -0.122. The summed E-state index contributed by atoms with van der Waals surface area (Å²) in [6.45, 7) is 3.16. The Kier molecular flexibility index (Phi) is 7.70. The Morgan fingerprint density at radius 3 is 2.80 bits per heavy atom. The number of carbonyl (C=O) groups is 2. The zero-order valence-corrected chi connectivity index (χ0v) is 20.5. The monoisotopic (exact) mass is 498 g/mol. The van der Waals surface area contributed by atoms with E-state index in [1.165, 1.54) is 12.1 Å². The number of rotatable bonds is 7. The van der Waals surface area contributed by atoms with Crippen LogP contribution in [0.2, 0.25) is 0 Å². The van der Waals surface area contributed by atoms with Crippen LogP contribution in [-0.4, -0.2) is 45.8 Å². The molecule has 2 aliphatic heterocycles. The van der Waals surface area contributed by atoms with Crippen LogP contribution in [0.1, 0.15) is 39.0 Å². The van der Waals surface area contributed by atoms with Crippen molar-refractivity contribution in [2.45, 2.75) is 43.9 Å². The number of aliphatic imine (C=N–C) groups is 1. The molecule has 1 fully saturated rings. The molecule has 2 heterocycles. The molecule has 2 amide bonds. The third-order valence-electron chi connectivity index (χ3n) is 5.99. The molecule has 0 spiro atoms. The maximum absolute atomic E-state index is 13.0. The quantitative estimate of drug-likeness (QED) is 0.607. The van der Waals surface area contributed by atoms with E-state index in [0.717, 1.165) is 19.3 Å². The van der Waals surface area contributed by atoms with Crippen molar-refractivity contribution >= 4 is 39.0 Å². The Hall–Kier alpha value is -3.40. The molecule has 10 heteroatoms. The van der Waals surface area contributed by atoms with Crippen LogP contribution in [0.3, 0.4) is 0 Å². The number of para-hydroxylation sites is 2. The van der Waals surface area contributed by atoms with Crippen LogP contribution in [0.4, 0.5) is 11.4 Å². The molecular weight excluding hydrogens is 468 g/mol. The Morgan fingerprint density at radius 2 is 1.97 bits per heavy atom. The van der Waals surface area contributed by atoms with Crippen molar-refractivity contribution < 1.29 is 22.7 Å². The SMILES string of the molecule is CCOc1ccccc1N1CC(C(=O)Nc2cccc(S(=O)(=O)NC3=NCCCCC3)c2)CC1=O. The molecule has 4 rings (SSSR count).